The van der Waals surface area contributed by atoms with Crippen molar-refractivity contribution >= 4 is 19.0 Å². The Morgan fingerprint density at radius 2 is 1.00 bits per heavy atom. The molecule has 0 aliphatic rings. The van der Waals surface area contributed by atoms with E-state index in [-0.39, 0.29) is 0 Å². The van der Waals surface area contributed by atoms with Crippen LogP contribution in [-0.2, 0) is 0 Å². The van der Waals surface area contributed by atoms with Crippen LogP contribution in [0.5, 0.6) is 0 Å². The van der Waals surface area contributed by atoms with E-state index in [1.54, 1.807) is 7.14 Å². The van der Waals surface area contributed by atoms with Gasteiger partial charge in [-0.2, -0.15) is 0 Å². The van der Waals surface area contributed by atoms with Gasteiger partial charge in [-0.15, -0.1) is 0 Å². The topological polar surface area (TPSA) is 0 Å². The van der Waals surface area contributed by atoms with Gasteiger partial charge in [0.05, 0.1) is 0 Å². The molecule has 0 heterocycles. The molecule has 0 atom stereocenters. The van der Waals surface area contributed by atoms with Crippen LogP contribution < -0.4 is 15.7 Å². The van der Waals surface area contributed by atoms with Gasteiger partial charge in [0, 0.05) is 0 Å². The van der Waals surface area contributed by atoms with E-state index in [0.717, 1.165) is 0 Å². The summed E-state index contributed by atoms with van der Waals surface area (Å²) < 4.78 is 3.18. The molecule has 2 heteroatoms. The molecule has 0 spiro atoms. The maximum absolute atomic E-state index is 2.28. The first kappa shape index (κ1) is 10.5. The molecule has 0 aromatic heterocycles. The van der Waals surface area contributed by atoms with Crippen molar-refractivity contribution < 1.29 is 15.7 Å². The molecule has 0 unspecified atom stereocenters. The molecule has 0 fully saturated rings. The average Bonchev–Trinajstić information content (AvgIpc) is 2.30. The molecule has 1 radical (unpaired) electrons. The van der Waals surface area contributed by atoms with E-state index in [1.807, 2.05) is 0 Å². The zero-order valence-corrected chi connectivity index (χ0v) is 13.2. The van der Waals surface area contributed by atoms with Crippen LogP contribution >= 0.6 is 0 Å². The first-order valence-electron chi connectivity index (χ1n) is 4.42. The maximum atomic E-state index is 2.28. The molecule has 2 rings (SSSR count). The Labute approximate surface area is 102 Å². The van der Waals surface area contributed by atoms with Gasteiger partial charge in [-0.05, 0) is 0 Å². The van der Waals surface area contributed by atoms with Gasteiger partial charge in [-0.1, -0.05) is 0 Å². The number of hydrogen-bond donors (Lipinski definition) is 0. The molecule has 0 saturated heterocycles. The normalized spacial score (nSPS) is 10.4. The second kappa shape index (κ2) is 5.18. The van der Waals surface area contributed by atoms with Crippen LogP contribution in [0, 0.1) is 7.14 Å². The van der Waals surface area contributed by atoms with Gasteiger partial charge in [0.25, 0.3) is 0 Å². The van der Waals surface area contributed by atoms with Crippen LogP contribution in [0.25, 0.3) is 0 Å². The molecule has 0 N–H and O–H groups in total. The third-order valence-corrected chi connectivity index (χ3v) is 15.7. The molecule has 2 aromatic rings. The average molecular weight is 405 g/mol. The van der Waals surface area contributed by atoms with Gasteiger partial charge < -0.3 is 0 Å². The SMILES string of the molecule is [SbH2][I+](c1ccccc1)c1ccccc1. The summed E-state index contributed by atoms with van der Waals surface area (Å²) in [5.74, 6) is 0. The first-order valence-corrected chi connectivity index (χ1v) is 16.2. The Hall–Kier alpha value is -0.0118. The van der Waals surface area contributed by atoms with E-state index in [2.05, 4.69) is 60.7 Å². The van der Waals surface area contributed by atoms with Crippen LogP contribution in [0.3, 0.4) is 0 Å². The minimum atomic E-state index is -0.968. The predicted molar refractivity (Wildman–Crippen MR) is 58.8 cm³/mol. The van der Waals surface area contributed by atoms with E-state index in [9.17, 15) is 0 Å². The van der Waals surface area contributed by atoms with Crippen molar-refractivity contribution in [2.45, 2.75) is 0 Å². The second-order valence-corrected chi connectivity index (χ2v) is 15.5. The third-order valence-electron chi connectivity index (χ3n) is 1.94. The van der Waals surface area contributed by atoms with E-state index >= 15 is 0 Å². The van der Waals surface area contributed by atoms with Crippen molar-refractivity contribution in [1.82, 2.24) is 0 Å². The summed E-state index contributed by atoms with van der Waals surface area (Å²) in [6.45, 7) is 0. The van der Waals surface area contributed by atoms with Crippen LogP contribution in [0.2, 0.25) is 0 Å². The summed E-state index contributed by atoms with van der Waals surface area (Å²) in [5.41, 5.74) is 0. The van der Waals surface area contributed by atoms with Crippen molar-refractivity contribution in [3.8, 4) is 0 Å². The molecular weight excluding hydrogens is 393 g/mol. The van der Waals surface area contributed by atoms with Gasteiger partial charge in [0.15, 0.2) is 0 Å². The Morgan fingerprint density at radius 1 is 0.643 bits per heavy atom. The quantitative estimate of drug-likeness (QED) is 0.440. The standard InChI is InChI=1S/C12H10I.Sb.2H/c1-3-7-11(8-4-1)13-12-9-5-2-6-10-12;;;/h1-10H;;;/q+1;;;. The molecular formula is C12H12ISb+. The van der Waals surface area contributed by atoms with Gasteiger partial charge in [-0.25, -0.2) is 0 Å². The van der Waals surface area contributed by atoms with Gasteiger partial charge in [0.2, 0.25) is 0 Å². The minimum absolute atomic E-state index is 0.968. The van der Waals surface area contributed by atoms with E-state index in [4.69, 9.17) is 0 Å². The third kappa shape index (κ3) is 2.52. The van der Waals surface area contributed by atoms with Crippen LogP contribution in [0.4, 0.5) is 0 Å². The fourth-order valence-corrected chi connectivity index (χ4v) is 9.90. The first-order chi connectivity index (χ1) is 6.88. The van der Waals surface area contributed by atoms with E-state index in [0.29, 0.717) is 0 Å². The van der Waals surface area contributed by atoms with Crippen molar-refractivity contribution in [3.63, 3.8) is 0 Å². The summed E-state index contributed by atoms with van der Waals surface area (Å²) >= 11 is 0.421. The molecule has 0 bridgehead atoms. The van der Waals surface area contributed by atoms with Crippen molar-refractivity contribution in [3.05, 3.63) is 67.8 Å². The molecule has 0 nitrogen and oxygen atoms in total. The fourth-order valence-electron chi connectivity index (χ4n) is 1.23. The Morgan fingerprint density at radius 3 is 1.36 bits per heavy atom. The van der Waals surface area contributed by atoms with Crippen molar-refractivity contribution in [2.24, 2.45) is 0 Å². The summed E-state index contributed by atoms with van der Waals surface area (Å²) in [7, 11) is 0. The van der Waals surface area contributed by atoms with Gasteiger partial charge in [0.1, 0.15) is 0 Å². The molecule has 0 aliphatic heterocycles. The Bertz CT molecular complexity index is 346. The second-order valence-electron chi connectivity index (χ2n) is 2.90. The molecule has 2 aromatic carbocycles. The molecule has 0 aliphatic carbocycles. The Balaban J connectivity index is 2.30. The van der Waals surface area contributed by atoms with Crippen molar-refractivity contribution in [1.29, 1.82) is 0 Å². The summed E-state index contributed by atoms with van der Waals surface area (Å²) in [6, 6.07) is 21.9. The monoisotopic (exact) mass is 404 g/mol. The van der Waals surface area contributed by atoms with E-state index in [1.165, 1.54) is 19.0 Å². The van der Waals surface area contributed by atoms with Crippen LogP contribution in [0.15, 0.2) is 60.7 Å². The fraction of sp³-hybridized carbons (Fsp3) is 0. The number of rotatable bonds is 2. The van der Waals surface area contributed by atoms with E-state index < -0.39 is 15.7 Å². The number of halogens is 1. The number of benzene rings is 2. The van der Waals surface area contributed by atoms with Crippen molar-refractivity contribution in [2.75, 3.05) is 0 Å². The zero-order valence-electron chi connectivity index (χ0n) is 7.73. The van der Waals surface area contributed by atoms with Gasteiger partial charge >= 0.3 is 103 Å². The molecule has 71 valence electrons. The number of hydrogen-bond acceptors (Lipinski definition) is 0. The summed E-state index contributed by atoms with van der Waals surface area (Å²) in [5, 5.41) is 0. The molecule has 0 amide bonds. The predicted octanol–water partition coefficient (Wildman–Crippen LogP) is -1.10. The van der Waals surface area contributed by atoms with Crippen LogP contribution in [-0.4, -0.2) is 19.0 Å². The van der Waals surface area contributed by atoms with Gasteiger partial charge in [-0.3, -0.25) is 0 Å². The molecule has 14 heavy (non-hydrogen) atoms. The Kier molecular flexibility index (Phi) is 3.88. The summed E-state index contributed by atoms with van der Waals surface area (Å²) in [6.07, 6.45) is 0. The van der Waals surface area contributed by atoms with Crippen LogP contribution in [0.1, 0.15) is 0 Å². The summed E-state index contributed by atoms with van der Waals surface area (Å²) in [4.78, 5) is 0. The molecule has 0 saturated carbocycles. The zero-order chi connectivity index (χ0) is 9.80.